The topological polar surface area (TPSA) is 38.9 Å². The van der Waals surface area contributed by atoms with E-state index in [9.17, 15) is 0 Å². The smallest absolute Gasteiger partial charge is 0.0346 e. The lowest BCUT2D eigenvalue weighted by Crippen LogP contribution is -2.16. The fraction of sp³-hybridized carbons (Fsp3) is 0.389. The molecule has 1 aromatic carbocycles. The Labute approximate surface area is 122 Å². The Hall–Kier alpha value is -1.67. The third-order valence-electron chi connectivity index (χ3n) is 3.93. The van der Waals surface area contributed by atoms with Gasteiger partial charge in [-0.25, -0.2) is 0 Å². The maximum atomic E-state index is 5.71. The van der Waals surface area contributed by atoms with Gasteiger partial charge in [0, 0.05) is 12.4 Å². The van der Waals surface area contributed by atoms with Crippen molar-refractivity contribution >= 4 is 0 Å². The molecular weight excluding hydrogens is 244 g/mol. The van der Waals surface area contributed by atoms with Gasteiger partial charge in [0.2, 0.25) is 0 Å². The van der Waals surface area contributed by atoms with E-state index >= 15 is 0 Å². The molecule has 0 aliphatic heterocycles. The van der Waals surface area contributed by atoms with E-state index in [0.717, 1.165) is 19.4 Å². The predicted octanol–water partition coefficient (Wildman–Crippen LogP) is 3.91. The summed E-state index contributed by atoms with van der Waals surface area (Å²) >= 11 is 0. The van der Waals surface area contributed by atoms with Gasteiger partial charge < -0.3 is 5.73 Å². The van der Waals surface area contributed by atoms with Crippen LogP contribution in [0.2, 0.25) is 0 Å². The SMILES string of the molecule is CC(C)C(CCN)Cc1ccc(-c2cccnc2)cc1. The fourth-order valence-corrected chi connectivity index (χ4v) is 2.55. The minimum absolute atomic E-state index is 0.671. The highest BCUT2D eigenvalue weighted by atomic mass is 14.6. The van der Waals surface area contributed by atoms with E-state index in [0.29, 0.717) is 11.8 Å². The van der Waals surface area contributed by atoms with Gasteiger partial charge in [0.15, 0.2) is 0 Å². The van der Waals surface area contributed by atoms with Gasteiger partial charge in [-0.1, -0.05) is 44.2 Å². The first-order chi connectivity index (χ1) is 9.70. The van der Waals surface area contributed by atoms with Crippen LogP contribution in [0.3, 0.4) is 0 Å². The lowest BCUT2D eigenvalue weighted by atomic mass is 9.86. The molecule has 1 atom stereocenters. The first-order valence-corrected chi connectivity index (χ1v) is 7.40. The molecule has 2 nitrogen and oxygen atoms in total. The van der Waals surface area contributed by atoms with Gasteiger partial charge in [-0.2, -0.15) is 0 Å². The number of aromatic nitrogens is 1. The molecule has 0 aliphatic rings. The van der Waals surface area contributed by atoms with Crippen LogP contribution in [0, 0.1) is 11.8 Å². The van der Waals surface area contributed by atoms with Crippen molar-refractivity contribution in [2.24, 2.45) is 17.6 Å². The molecule has 20 heavy (non-hydrogen) atoms. The van der Waals surface area contributed by atoms with Gasteiger partial charge in [0.05, 0.1) is 0 Å². The average Bonchev–Trinajstić information content (AvgIpc) is 2.48. The summed E-state index contributed by atoms with van der Waals surface area (Å²) in [7, 11) is 0. The van der Waals surface area contributed by atoms with Gasteiger partial charge in [-0.3, -0.25) is 4.98 Å². The Morgan fingerprint density at radius 3 is 2.35 bits per heavy atom. The highest BCUT2D eigenvalue weighted by Crippen LogP contribution is 2.23. The van der Waals surface area contributed by atoms with Gasteiger partial charge >= 0.3 is 0 Å². The number of nitrogens with zero attached hydrogens (tertiary/aromatic N) is 1. The predicted molar refractivity (Wildman–Crippen MR) is 85.4 cm³/mol. The molecule has 0 saturated carbocycles. The molecule has 2 heteroatoms. The van der Waals surface area contributed by atoms with E-state index in [1.807, 2.05) is 12.3 Å². The summed E-state index contributed by atoms with van der Waals surface area (Å²) in [6.45, 7) is 5.34. The summed E-state index contributed by atoms with van der Waals surface area (Å²) in [5.41, 5.74) is 9.50. The van der Waals surface area contributed by atoms with Crippen molar-refractivity contribution in [2.75, 3.05) is 6.54 Å². The molecule has 0 aliphatic carbocycles. The molecule has 0 spiro atoms. The minimum Gasteiger partial charge on any atom is -0.330 e. The molecule has 0 amide bonds. The van der Waals surface area contributed by atoms with Gasteiger partial charge in [-0.05, 0) is 54.0 Å². The molecule has 0 bridgehead atoms. The number of benzene rings is 1. The first kappa shape index (κ1) is 14.7. The molecule has 2 aromatic rings. The highest BCUT2D eigenvalue weighted by molar-refractivity contribution is 5.62. The number of rotatable bonds is 6. The Morgan fingerprint density at radius 2 is 1.80 bits per heavy atom. The second-order valence-corrected chi connectivity index (χ2v) is 5.72. The Balaban J connectivity index is 2.08. The maximum absolute atomic E-state index is 5.71. The quantitative estimate of drug-likeness (QED) is 0.862. The number of hydrogen-bond acceptors (Lipinski definition) is 2. The van der Waals surface area contributed by atoms with E-state index in [1.165, 1.54) is 16.7 Å². The first-order valence-electron chi connectivity index (χ1n) is 7.40. The maximum Gasteiger partial charge on any atom is 0.0346 e. The third kappa shape index (κ3) is 3.91. The molecular formula is C18H24N2. The van der Waals surface area contributed by atoms with Crippen LogP contribution in [-0.4, -0.2) is 11.5 Å². The van der Waals surface area contributed by atoms with Crippen LogP contribution in [0.25, 0.3) is 11.1 Å². The van der Waals surface area contributed by atoms with E-state index < -0.39 is 0 Å². The van der Waals surface area contributed by atoms with Crippen molar-refractivity contribution in [3.8, 4) is 11.1 Å². The summed E-state index contributed by atoms with van der Waals surface area (Å²) in [6.07, 6.45) is 5.92. The zero-order valence-corrected chi connectivity index (χ0v) is 12.4. The van der Waals surface area contributed by atoms with Crippen LogP contribution in [0.5, 0.6) is 0 Å². The van der Waals surface area contributed by atoms with Crippen LogP contribution in [0.4, 0.5) is 0 Å². The molecule has 1 heterocycles. The van der Waals surface area contributed by atoms with Crippen molar-refractivity contribution in [1.82, 2.24) is 4.98 Å². The van der Waals surface area contributed by atoms with E-state index in [2.05, 4.69) is 49.2 Å². The highest BCUT2D eigenvalue weighted by Gasteiger charge is 2.13. The molecule has 0 saturated heterocycles. The zero-order chi connectivity index (χ0) is 14.4. The number of hydrogen-bond donors (Lipinski definition) is 1. The number of nitrogens with two attached hydrogens (primary N) is 1. The van der Waals surface area contributed by atoms with Crippen molar-refractivity contribution in [2.45, 2.75) is 26.7 Å². The zero-order valence-electron chi connectivity index (χ0n) is 12.4. The van der Waals surface area contributed by atoms with Crippen LogP contribution in [0.15, 0.2) is 48.8 Å². The Morgan fingerprint density at radius 1 is 1.05 bits per heavy atom. The second-order valence-electron chi connectivity index (χ2n) is 5.72. The van der Waals surface area contributed by atoms with Gasteiger partial charge in [0.1, 0.15) is 0 Å². The normalized spacial score (nSPS) is 12.6. The average molecular weight is 268 g/mol. The summed E-state index contributed by atoms with van der Waals surface area (Å²) in [6, 6.07) is 12.9. The van der Waals surface area contributed by atoms with Crippen LogP contribution < -0.4 is 5.73 Å². The molecule has 2 rings (SSSR count). The Bertz CT molecular complexity index is 503. The minimum atomic E-state index is 0.671. The van der Waals surface area contributed by atoms with E-state index in [4.69, 9.17) is 5.73 Å². The van der Waals surface area contributed by atoms with Crippen molar-refractivity contribution in [3.63, 3.8) is 0 Å². The fourth-order valence-electron chi connectivity index (χ4n) is 2.55. The van der Waals surface area contributed by atoms with E-state index in [-0.39, 0.29) is 0 Å². The monoisotopic (exact) mass is 268 g/mol. The van der Waals surface area contributed by atoms with Crippen LogP contribution in [0.1, 0.15) is 25.8 Å². The lowest BCUT2D eigenvalue weighted by molar-refractivity contribution is 0.362. The molecule has 0 radical (unpaired) electrons. The lowest BCUT2D eigenvalue weighted by Gasteiger charge is -2.20. The van der Waals surface area contributed by atoms with Crippen LogP contribution >= 0.6 is 0 Å². The standard InChI is InChI=1S/C18H24N2/c1-14(2)17(9-10-19)12-15-5-7-16(8-6-15)18-4-3-11-20-13-18/h3-8,11,13-14,17H,9-10,12,19H2,1-2H3. The number of pyridine rings is 1. The third-order valence-corrected chi connectivity index (χ3v) is 3.93. The molecule has 1 unspecified atom stereocenters. The largest absolute Gasteiger partial charge is 0.330 e. The van der Waals surface area contributed by atoms with Gasteiger partial charge in [0.25, 0.3) is 0 Å². The summed E-state index contributed by atoms with van der Waals surface area (Å²) in [5.74, 6) is 1.35. The Kier molecular flexibility index (Phi) is 5.31. The molecule has 106 valence electrons. The molecule has 0 fully saturated rings. The molecule has 1 aromatic heterocycles. The van der Waals surface area contributed by atoms with Crippen LogP contribution in [-0.2, 0) is 6.42 Å². The van der Waals surface area contributed by atoms with E-state index in [1.54, 1.807) is 6.20 Å². The van der Waals surface area contributed by atoms with Crippen molar-refractivity contribution < 1.29 is 0 Å². The summed E-state index contributed by atoms with van der Waals surface area (Å²) in [5, 5.41) is 0. The summed E-state index contributed by atoms with van der Waals surface area (Å²) < 4.78 is 0. The summed E-state index contributed by atoms with van der Waals surface area (Å²) in [4.78, 5) is 4.17. The van der Waals surface area contributed by atoms with Crippen molar-refractivity contribution in [1.29, 1.82) is 0 Å². The van der Waals surface area contributed by atoms with Gasteiger partial charge in [-0.15, -0.1) is 0 Å². The molecule has 2 N–H and O–H groups in total. The second kappa shape index (κ2) is 7.20. The van der Waals surface area contributed by atoms with Crippen molar-refractivity contribution in [3.05, 3.63) is 54.4 Å².